The SMILES string of the molecule is CCOc1cc(N2CCCC2)ccc1[C@@H](N)CO. The molecule has 1 heterocycles. The van der Waals surface area contributed by atoms with Crippen LogP contribution in [-0.4, -0.2) is 31.4 Å². The molecule has 0 amide bonds. The summed E-state index contributed by atoms with van der Waals surface area (Å²) >= 11 is 0. The summed E-state index contributed by atoms with van der Waals surface area (Å²) in [6.07, 6.45) is 2.50. The Morgan fingerprint density at radius 2 is 2.11 bits per heavy atom. The Balaban J connectivity index is 2.26. The molecular weight excluding hydrogens is 228 g/mol. The van der Waals surface area contributed by atoms with Gasteiger partial charge in [-0.25, -0.2) is 0 Å². The summed E-state index contributed by atoms with van der Waals surface area (Å²) in [4.78, 5) is 2.36. The van der Waals surface area contributed by atoms with Crippen molar-refractivity contribution < 1.29 is 9.84 Å². The van der Waals surface area contributed by atoms with Crippen LogP contribution in [0.15, 0.2) is 18.2 Å². The molecule has 1 aliphatic heterocycles. The van der Waals surface area contributed by atoms with Crippen LogP contribution in [0.2, 0.25) is 0 Å². The maximum Gasteiger partial charge on any atom is 0.126 e. The topological polar surface area (TPSA) is 58.7 Å². The number of hydrogen-bond donors (Lipinski definition) is 2. The van der Waals surface area contributed by atoms with Gasteiger partial charge in [-0.2, -0.15) is 0 Å². The molecule has 1 aromatic carbocycles. The lowest BCUT2D eigenvalue weighted by atomic mass is 10.1. The number of anilines is 1. The molecule has 0 aliphatic carbocycles. The van der Waals surface area contributed by atoms with Crippen LogP contribution in [0.1, 0.15) is 31.4 Å². The predicted octanol–water partition coefficient (Wildman–Crippen LogP) is 1.68. The van der Waals surface area contributed by atoms with Gasteiger partial charge in [0.25, 0.3) is 0 Å². The van der Waals surface area contributed by atoms with Gasteiger partial charge >= 0.3 is 0 Å². The van der Waals surface area contributed by atoms with Crippen LogP contribution in [0.4, 0.5) is 5.69 Å². The standard InChI is InChI=1S/C14H22N2O2/c1-2-18-14-9-11(16-7-3-4-8-16)5-6-12(14)13(15)10-17/h5-6,9,13,17H,2-4,7-8,10,15H2,1H3/t13-/m0/s1. The number of hydrogen-bond acceptors (Lipinski definition) is 4. The Labute approximate surface area is 108 Å². The molecule has 4 nitrogen and oxygen atoms in total. The van der Waals surface area contributed by atoms with Crippen molar-refractivity contribution in [2.75, 3.05) is 31.2 Å². The molecule has 0 spiro atoms. The molecule has 0 bridgehead atoms. The first-order valence-electron chi connectivity index (χ1n) is 6.64. The molecule has 0 radical (unpaired) electrons. The van der Waals surface area contributed by atoms with Crippen molar-refractivity contribution in [1.82, 2.24) is 0 Å². The highest BCUT2D eigenvalue weighted by Gasteiger charge is 2.16. The lowest BCUT2D eigenvalue weighted by molar-refractivity contribution is 0.261. The van der Waals surface area contributed by atoms with Crippen molar-refractivity contribution in [1.29, 1.82) is 0 Å². The number of ether oxygens (including phenoxy) is 1. The van der Waals surface area contributed by atoms with Crippen molar-refractivity contribution in [3.05, 3.63) is 23.8 Å². The molecule has 1 aromatic rings. The first kappa shape index (κ1) is 13.2. The van der Waals surface area contributed by atoms with E-state index >= 15 is 0 Å². The first-order valence-corrected chi connectivity index (χ1v) is 6.64. The fraction of sp³-hybridized carbons (Fsp3) is 0.571. The minimum Gasteiger partial charge on any atom is -0.493 e. The van der Waals surface area contributed by atoms with Crippen LogP contribution in [0, 0.1) is 0 Å². The van der Waals surface area contributed by atoms with Crippen molar-refractivity contribution in [2.45, 2.75) is 25.8 Å². The van der Waals surface area contributed by atoms with Gasteiger partial charge in [-0.1, -0.05) is 6.07 Å². The molecule has 1 aliphatic rings. The van der Waals surface area contributed by atoms with Gasteiger partial charge in [-0.05, 0) is 25.8 Å². The van der Waals surface area contributed by atoms with Gasteiger partial charge in [0.1, 0.15) is 5.75 Å². The summed E-state index contributed by atoms with van der Waals surface area (Å²) in [6, 6.07) is 5.71. The minimum absolute atomic E-state index is 0.0663. The smallest absolute Gasteiger partial charge is 0.126 e. The number of nitrogens with two attached hydrogens (primary N) is 1. The van der Waals surface area contributed by atoms with Gasteiger partial charge < -0.3 is 20.5 Å². The van der Waals surface area contributed by atoms with E-state index in [2.05, 4.69) is 11.0 Å². The Morgan fingerprint density at radius 1 is 1.39 bits per heavy atom. The highest BCUT2D eigenvalue weighted by atomic mass is 16.5. The van der Waals surface area contributed by atoms with Gasteiger partial charge in [0.2, 0.25) is 0 Å². The molecule has 2 rings (SSSR count). The summed E-state index contributed by atoms with van der Waals surface area (Å²) < 4.78 is 5.64. The monoisotopic (exact) mass is 250 g/mol. The highest BCUT2D eigenvalue weighted by molar-refractivity contribution is 5.55. The number of rotatable bonds is 5. The minimum atomic E-state index is -0.376. The van der Waals surface area contributed by atoms with Crippen molar-refractivity contribution in [3.63, 3.8) is 0 Å². The summed E-state index contributed by atoms with van der Waals surface area (Å²) in [5.74, 6) is 0.795. The molecule has 4 heteroatoms. The third-order valence-corrected chi connectivity index (χ3v) is 3.36. The highest BCUT2D eigenvalue weighted by Crippen LogP contribution is 2.30. The van der Waals surface area contributed by atoms with Crippen molar-refractivity contribution in [2.24, 2.45) is 5.73 Å². The zero-order valence-electron chi connectivity index (χ0n) is 10.9. The second kappa shape index (κ2) is 6.07. The van der Waals surface area contributed by atoms with Gasteiger partial charge in [-0.3, -0.25) is 0 Å². The second-order valence-corrected chi connectivity index (χ2v) is 4.64. The molecule has 100 valence electrons. The average Bonchev–Trinajstić information content (AvgIpc) is 2.92. The van der Waals surface area contributed by atoms with Gasteiger partial charge in [0, 0.05) is 30.4 Å². The molecule has 1 atom stereocenters. The number of nitrogens with zero attached hydrogens (tertiary/aromatic N) is 1. The van der Waals surface area contributed by atoms with E-state index in [0.717, 1.165) is 24.4 Å². The Kier molecular flexibility index (Phi) is 4.44. The maximum absolute atomic E-state index is 9.17. The lowest BCUT2D eigenvalue weighted by Gasteiger charge is -2.21. The first-order chi connectivity index (χ1) is 8.76. The van der Waals surface area contributed by atoms with E-state index in [1.165, 1.54) is 18.5 Å². The van der Waals surface area contributed by atoms with Crippen LogP contribution in [0.5, 0.6) is 5.75 Å². The van der Waals surface area contributed by atoms with E-state index in [9.17, 15) is 5.11 Å². The largest absolute Gasteiger partial charge is 0.493 e. The second-order valence-electron chi connectivity index (χ2n) is 4.64. The fourth-order valence-corrected chi connectivity index (χ4v) is 2.38. The van der Waals surface area contributed by atoms with Crippen molar-refractivity contribution in [3.8, 4) is 5.75 Å². The average molecular weight is 250 g/mol. The van der Waals surface area contributed by atoms with E-state index in [4.69, 9.17) is 10.5 Å². The maximum atomic E-state index is 9.17. The molecule has 0 aromatic heterocycles. The van der Waals surface area contributed by atoms with E-state index in [-0.39, 0.29) is 12.6 Å². The molecule has 0 saturated carbocycles. The molecule has 1 fully saturated rings. The molecule has 1 saturated heterocycles. The normalized spacial score (nSPS) is 16.9. The van der Waals surface area contributed by atoms with Crippen LogP contribution < -0.4 is 15.4 Å². The Hall–Kier alpha value is -1.26. The van der Waals surface area contributed by atoms with Crippen LogP contribution in [0.3, 0.4) is 0 Å². The fourth-order valence-electron chi connectivity index (χ4n) is 2.38. The number of benzene rings is 1. The van der Waals surface area contributed by atoms with E-state index in [1.807, 2.05) is 19.1 Å². The summed E-state index contributed by atoms with van der Waals surface area (Å²) in [7, 11) is 0. The summed E-state index contributed by atoms with van der Waals surface area (Å²) in [5.41, 5.74) is 7.95. The Bertz CT molecular complexity index is 389. The summed E-state index contributed by atoms with van der Waals surface area (Å²) in [6.45, 7) is 4.71. The third kappa shape index (κ3) is 2.76. The number of aliphatic hydroxyl groups is 1. The van der Waals surface area contributed by atoms with Crippen LogP contribution in [-0.2, 0) is 0 Å². The molecule has 3 N–H and O–H groups in total. The zero-order chi connectivity index (χ0) is 13.0. The van der Waals surface area contributed by atoms with Gasteiger partial charge in [-0.15, -0.1) is 0 Å². The van der Waals surface area contributed by atoms with Gasteiger partial charge in [0.15, 0.2) is 0 Å². The summed E-state index contributed by atoms with van der Waals surface area (Å²) in [5, 5.41) is 9.17. The van der Waals surface area contributed by atoms with Crippen molar-refractivity contribution >= 4 is 5.69 Å². The van der Waals surface area contributed by atoms with Gasteiger partial charge in [0.05, 0.1) is 19.3 Å². The number of aliphatic hydroxyl groups excluding tert-OH is 1. The van der Waals surface area contributed by atoms with E-state index in [0.29, 0.717) is 6.61 Å². The van der Waals surface area contributed by atoms with E-state index in [1.54, 1.807) is 0 Å². The lowest BCUT2D eigenvalue weighted by Crippen LogP contribution is -2.19. The predicted molar refractivity (Wildman–Crippen MR) is 73.1 cm³/mol. The molecule has 0 unspecified atom stereocenters. The molecular formula is C14H22N2O2. The zero-order valence-corrected chi connectivity index (χ0v) is 10.9. The van der Waals surface area contributed by atoms with Crippen LogP contribution in [0.25, 0.3) is 0 Å². The quantitative estimate of drug-likeness (QED) is 0.834. The Morgan fingerprint density at radius 3 is 2.72 bits per heavy atom. The third-order valence-electron chi connectivity index (χ3n) is 3.36. The van der Waals surface area contributed by atoms with E-state index < -0.39 is 0 Å². The molecule has 18 heavy (non-hydrogen) atoms. The van der Waals surface area contributed by atoms with Crippen LogP contribution >= 0.6 is 0 Å².